The molecular formula is C29H26Cl2O6. The number of rotatable bonds is 8. The Balaban J connectivity index is 2.05. The molecule has 8 heteroatoms. The molecule has 0 N–H and O–H groups in total. The van der Waals surface area contributed by atoms with Gasteiger partial charge in [-0.05, 0) is 31.5 Å². The van der Waals surface area contributed by atoms with E-state index in [1.165, 1.54) is 6.07 Å². The van der Waals surface area contributed by atoms with E-state index < -0.39 is 41.3 Å². The number of benzene rings is 3. The van der Waals surface area contributed by atoms with Crippen LogP contribution in [0.25, 0.3) is 0 Å². The van der Waals surface area contributed by atoms with Crippen LogP contribution < -0.4 is 0 Å². The highest BCUT2D eigenvalue weighted by molar-refractivity contribution is 6.35. The average Bonchev–Trinajstić information content (AvgIpc) is 3.26. The van der Waals surface area contributed by atoms with Crippen molar-refractivity contribution >= 4 is 40.9 Å². The molecule has 0 bridgehead atoms. The fourth-order valence-corrected chi connectivity index (χ4v) is 5.37. The third-order valence-corrected chi connectivity index (χ3v) is 6.99. The summed E-state index contributed by atoms with van der Waals surface area (Å²) in [6, 6.07) is 22.1. The molecule has 3 aromatic rings. The first-order valence-electron chi connectivity index (χ1n) is 11.9. The van der Waals surface area contributed by atoms with Crippen molar-refractivity contribution in [3.05, 3.63) is 106 Å². The molecule has 0 aromatic heterocycles. The molecule has 0 radical (unpaired) electrons. The standard InChI is InChI=1S/C29H26Cl2O6/c1-3-35-27(33)29(28(34)36-4-2)23(24(32)18-11-7-5-8-12-18)25(19-13-9-6-10-14-19)37-26(29)21-16-15-20(30)17-22(21)31/h5-17,23,25-26H,3-4H2,1-2H3/t23-,25-,26+/m1/s1. The van der Waals surface area contributed by atoms with E-state index in [1.807, 2.05) is 6.07 Å². The van der Waals surface area contributed by atoms with Gasteiger partial charge in [-0.2, -0.15) is 0 Å². The van der Waals surface area contributed by atoms with E-state index in [0.717, 1.165) is 0 Å². The monoisotopic (exact) mass is 540 g/mol. The lowest BCUT2D eigenvalue weighted by molar-refractivity contribution is -0.178. The van der Waals surface area contributed by atoms with Crippen molar-refractivity contribution < 1.29 is 28.6 Å². The van der Waals surface area contributed by atoms with Gasteiger partial charge in [0.15, 0.2) is 5.78 Å². The molecule has 6 nitrogen and oxygen atoms in total. The molecule has 37 heavy (non-hydrogen) atoms. The number of Topliss-reactive ketones (excluding diaryl/α,β-unsaturated/α-hetero) is 1. The molecule has 0 amide bonds. The fraction of sp³-hybridized carbons (Fsp3) is 0.276. The van der Waals surface area contributed by atoms with Crippen LogP contribution in [0.1, 0.15) is 47.5 Å². The van der Waals surface area contributed by atoms with Gasteiger partial charge in [0, 0.05) is 21.2 Å². The number of halogens is 2. The van der Waals surface area contributed by atoms with E-state index in [4.69, 9.17) is 37.4 Å². The molecule has 192 valence electrons. The summed E-state index contributed by atoms with van der Waals surface area (Å²) in [6.07, 6.45) is -2.28. The van der Waals surface area contributed by atoms with Gasteiger partial charge in [-0.25, -0.2) is 0 Å². The first kappa shape index (κ1) is 26.9. The minimum atomic E-state index is -2.18. The topological polar surface area (TPSA) is 78.9 Å². The van der Waals surface area contributed by atoms with Gasteiger partial charge in [-0.1, -0.05) is 89.9 Å². The molecule has 1 aliphatic rings. The van der Waals surface area contributed by atoms with Crippen LogP contribution in [-0.4, -0.2) is 30.9 Å². The lowest BCUT2D eigenvalue weighted by Gasteiger charge is -2.34. The van der Waals surface area contributed by atoms with E-state index in [-0.39, 0.29) is 18.2 Å². The maximum Gasteiger partial charge on any atom is 0.327 e. The van der Waals surface area contributed by atoms with Gasteiger partial charge in [0.1, 0.15) is 6.10 Å². The minimum Gasteiger partial charge on any atom is -0.465 e. The number of esters is 2. The van der Waals surface area contributed by atoms with E-state index in [9.17, 15) is 14.4 Å². The van der Waals surface area contributed by atoms with Gasteiger partial charge in [0.2, 0.25) is 5.41 Å². The number of ketones is 1. The lowest BCUT2D eigenvalue weighted by Crippen LogP contribution is -2.51. The highest BCUT2D eigenvalue weighted by atomic mass is 35.5. The van der Waals surface area contributed by atoms with E-state index in [0.29, 0.717) is 21.7 Å². The zero-order chi connectivity index (χ0) is 26.6. The van der Waals surface area contributed by atoms with Crippen molar-refractivity contribution in [1.82, 2.24) is 0 Å². The van der Waals surface area contributed by atoms with Gasteiger partial charge < -0.3 is 14.2 Å². The van der Waals surface area contributed by atoms with Crippen molar-refractivity contribution in [2.24, 2.45) is 11.3 Å². The molecule has 1 heterocycles. The van der Waals surface area contributed by atoms with Crippen LogP contribution in [0.3, 0.4) is 0 Å². The summed E-state index contributed by atoms with van der Waals surface area (Å²) < 4.78 is 17.5. The molecule has 1 aliphatic heterocycles. The summed E-state index contributed by atoms with van der Waals surface area (Å²) in [7, 11) is 0. The Kier molecular flexibility index (Phi) is 8.32. The Bertz CT molecular complexity index is 1260. The summed E-state index contributed by atoms with van der Waals surface area (Å²) in [5.41, 5.74) is -0.937. The van der Waals surface area contributed by atoms with E-state index >= 15 is 0 Å². The molecule has 0 spiro atoms. The largest absolute Gasteiger partial charge is 0.465 e. The third kappa shape index (κ3) is 4.89. The van der Waals surface area contributed by atoms with Crippen molar-refractivity contribution in [2.45, 2.75) is 26.1 Å². The zero-order valence-electron chi connectivity index (χ0n) is 20.4. The third-order valence-electron chi connectivity index (χ3n) is 6.43. The Hall–Kier alpha value is -3.19. The van der Waals surface area contributed by atoms with Crippen molar-refractivity contribution in [2.75, 3.05) is 13.2 Å². The second-order valence-electron chi connectivity index (χ2n) is 8.53. The predicted molar refractivity (Wildman–Crippen MR) is 139 cm³/mol. The number of hydrogen-bond acceptors (Lipinski definition) is 6. The summed E-state index contributed by atoms with van der Waals surface area (Å²) >= 11 is 12.7. The van der Waals surface area contributed by atoms with Crippen LogP contribution in [0.4, 0.5) is 0 Å². The Labute approximate surface area is 225 Å². The summed E-state index contributed by atoms with van der Waals surface area (Å²) in [6.45, 7) is 3.20. The fourth-order valence-electron chi connectivity index (χ4n) is 4.86. The second-order valence-corrected chi connectivity index (χ2v) is 9.37. The quantitative estimate of drug-likeness (QED) is 0.186. The van der Waals surface area contributed by atoms with Gasteiger partial charge in [0.25, 0.3) is 0 Å². The number of carbonyl (C=O) groups is 3. The highest BCUT2D eigenvalue weighted by Gasteiger charge is 2.71. The normalized spacial score (nSPS) is 20.3. The van der Waals surface area contributed by atoms with E-state index in [2.05, 4.69) is 0 Å². The molecule has 4 rings (SSSR count). The zero-order valence-corrected chi connectivity index (χ0v) is 21.9. The van der Waals surface area contributed by atoms with Crippen LogP contribution in [0.2, 0.25) is 10.0 Å². The van der Waals surface area contributed by atoms with Gasteiger partial charge in [0.05, 0.1) is 25.2 Å². The van der Waals surface area contributed by atoms with Crippen LogP contribution in [0.5, 0.6) is 0 Å². The molecule has 3 atom stereocenters. The van der Waals surface area contributed by atoms with Gasteiger partial charge >= 0.3 is 11.9 Å². The van der Waals surface area contributed by atoms with Gasteiger partial charge in [-0.15, -0.1) is 0 Å². The number of ether oxygens (including phenoxy) is 3. The Morgan fingerprint density at radius 3 is 1.95 bits per heavy atom. The smallest absolute Gasteiger partial charge is 0.327 e. The summed E-state index contributed by atoms with van der Waals surface area (Å²) in [4.78, 5) is 42.1. The van der Waals surface area contributed by atoms with E-state index in [1.54, 1.807) is 80.6 Å². The van der Waals surface area contributed by atoms with Crippen molar-refractivity contribution in [3.8, 4) is 0 Å². The summed E-state index contributed by atoms with van der Waals surface area (Å²) in [5.74, 6) is -3.61. The number of carbonyl (C=O) groups excluding carboxylic acids is 3. The van der Waals surface area contributed by atoms with Crippen LogP contribution >= 0.6 is 23.2 Å². The van der Waals surface area contributed by atoms with Crippen LogP contribution in [0, 0.1) is 11.3 Å². The predicted octanol–water partition coefficient (Wildman–Crippen LogP) is 6.42. The molecule has 0 saturated carbocycles. The van der Waals surface area contributed by atoms with Crippen LogP contribution in [-0.2, 0) is 23.8 Å². The first-order chi connectivity index (χ1) is 17.9. The molecule has 1 saturated heterocycles. The second kappa shape index (κ2) is 11.5. The molecule has 0 aliphatic carbocycles. The van der Waals surface area contributed by atoms with Gasteiger partial charge in [-0.3, -0.25) is 14.4 Å². The molecular weight excluding hydrogens is 515 g/mol. The molecule has 0 unspecified atom stereocenters. The maximum absolute atomic E-state index is 14.2. The van der Waals surface area contributed by atoms with Crippen molar-refractivity contribution in [3.63, 3.8) is 0 Å². The molecule has 1 fully saturated rings. The Morgan fingerprint density at radius 1 is 0.838 bits per heavy atom. The minimum absolute atomic E-state index is 0.0245. The highest BCUT2D eigenvalue weighted by Crippen LogP contribution is 2.60. The first-order valence-corrected chi connectivity index (χ1v) is 12.7. The SMILES string of the molecule is CCOC(=O)C1(C(=O)OCC)[C@H](C(=O)c2ccccc2)[C@@H](c2ccccc2)O[C@H]1c1ccc(Cl)cc1Cl. The lowest BCUT2D eigenvalue weighted by atomic mass is 9.66. The Morgan fingerprint density at radius 2 is 1.41 bits per heavy atom. The van der Waals surface area contributed by atoms with Crippen LogP contribution in [0.15, 0.2) is 78.9 Å². The number of hydrogen-bond donors (Lipinski definition) is 0. The molecule has 3 aromatic carbocycles. The average molecular weight is 541 g/mol. The summed E-state index contributed by atoms with van der Waals surface area (Å²) in [5, 5.41) is 0.538. The maximum atomic E-state index is 14.2. The van der Waals surface area contributed by atoms with Crippen molar-refractivity contribution in [1.29, 1.82) is 0 Å².